The Kier molecular flexibility index (Phi) is 3.45. The maximum absolute atomic E-state index is 4.34. The Morgan fingerprint density at radius 3 is 2.67 bits per heavy atom. The SMILES string of the molecule is CNc1nc(C)cc(NCc2cnn(C)c2C)n1. The van der Waals surface area contributed by atoms with Crippen molar-refractivity contribution >= 4 is 11.8 Å². The predicted molar refractivity (Wildman–Crippen MR) is 71.6 cm³/mol. The minimum absolute atomic E-state index is 0.625. The Hall–Kier alpha value is -2.11. The fourth-order valence-corrected chi connectivity index (χ4v) is 1.67. The molecule has 0 saturated heterocycles. The van der Waals surface area contributed by atoms with Gasteiger partial charge in [0.15, 0.2) is 0 Å². The second kappa shape index (κ2) is 5.03. The Morgan fingerprint density at radius 2 is 2.06 bits per heavy atom. The largest absolute Gasteiger partial charge is 0.366 e. The zero-order valence-electron chi connectivity index (χ0n) is 11.2. The third-order valence-electron chi connectivity index (χ3n) is 2.87. The van der Waals surface area contributed by atoms with Crippen molar-refractivity contribution in [2.75, 3.05) is 17.7 Å². The minimum Gasteiger partial charge on any atom is -0.366 e. The van der Waals surface area contributed by atoms with E-state index in [0.717, 1.165) is 17.2 Å². The molecule has 2 heterocycles. The van der Waals surface area contributed by atoms with Gasteiger partial charge in [-0.15, -0.1) is 0 Å². The Morgan fingerprint density at radius 1 is 1.28 bits per heavy atom. The van der Waals surface area contributed by atoms with Gasteiger partial charge < -0.3 is 10.6 Å². The van der Waals surface area contributed by atoms with Crippen molar-refractivity contribution in [1.82, 2.24) is 19.7 Å². The van der Waals surface area contributed by atoms with E-state index in [4.69, 9.17) is 0 Å². The summed E-state index contributed by atoms with van der Waals surface area (Å²) in [4.78, 5) is 8.59. The standard InChI is InChI=1S/C12H18N6/c1-8-5-11(17-12(13-3)16-8)14-6-10-7-15-18(4)9(10)2/h5,7H,6H2,1-4H3,(H2,13,14,16,17). The molecule has 0 radical (unpaired) electrons. The molecule has 0 amide bonds. The highest BCUT2D eigenvalue weighted by molar-refractivity contribution is 5.42. The molecule has 0 atom stereocenters. The first-order valence-corrected chi connectivity index (χ1v) is 5.85. The van der Waals surface area contributed by atoms with Gasteiger partial charge in [0.25, 0.3) is 0 Å². The van der Waals surface area contributed by atoms with Crippen molar-refractivity contribution in [3.8, 4) is 0 Å². The van der Waals surface area contributed by atoms with Gasteiger partial charge >= 0.3 is 0 Å². The van der Waals surface area contributed by atoms with Crippen LogP contribution in [0.3, 0.4) is 0 Å². The maximum Gasteiger partial charge on any atom is 0.224 e. The van der Waals surface area contributed by atoms with Crippen molar-refractivity contribution in [2.45, 2.75) is 20.4 Å². The number of rotatable bonds is 4. The Balaban J connectivity index is 2.10. The van der Waals surface area contributed by atoms with Crippen LogP contribution in [0.25, 0.3) is 0 Å². The number of aryl methyl sites for hydroxylation is 2. The molecule has 0 unspecified atom stereocenters. The van der Waals surface area contributed by atoms with Crippen LogP contribution in [0.4, 0.5) is 11.8 Å². The molecule has 2 N–H and O–H groups in total. The van der Waals surface area contributed by atoms with Crippen LogP contribution in [0, 0.1) is 13.8 Å². The van der Waals surface area contributed by atoms with Crippen LogP contribution in [-0.2, 0) is 13.6 Å². The summed E-state index contributed by atoms with van der Waals surface area (Å²) < 4.78 is 1.86. The van der Waals surface area contributed by atoms with E-state index in [2.05, 4.69) is 25.7 Å². The van der Waals surface area contributed by atoms with Gasteiger partial charge in [-0.3, -0.25) is 4.68 Å². The van der Waals surface area contributed by atoms with Crippen LogP contribution in [0.5, 0.6) is 0 Å². The zero-order valence-corrected chi connectivity index (χ0v) is 11.2. The molecule has 0 spiro atoms. The number of anilines is 2. The molecule has 0 bridgehead atoms. The number of nitrogens with zero attached hydrogens (tertiary/aromatic N) is 4. The molecule has 96 valence electrons. The number of nitrogens with one attached hydrogen (secondary N) is 2. The Labute approximate surface area is 106 Å². The second-order valence-electron chi connectivity index (χ2n) is 4.20. The van der Waals surface area contributed by atoms with Crippen LogP contribution >= 0.6 is 0 Å². The fourth-order valence-electron chi connectivity index (χ4n) is 1.67. The molecule has 6 nitrogen and oxygen atoms in total. The van der Waals surface area contributed by atoms with E-state index in [-0.39, 0.29) is 0 Å². The van der Waals surface area contributed by atoms with E-state index in [1.165, 1.54) is 5.56 Å². The molecule has 18 heavy (non-hydrogen) atoms. The summed E-state index contributed by atoms with van der Waals surface area (Å²) in [7, 11) is 3.75. The van der Waals surface area contributed by atoms with E-state index in [1.54, 1.807) is 0 Å². The third kappa shape index (κ3) is 2.58. The monoisotopic (exact) mass is 246 g/mol. The van der Waals surface area contributed by atoms with Gasteiger partial charge in [-0.05, 0) is 13.8 Å². The van der Waals surface area contributed by atoms with Gasteiger partial charge in [-0.25, -0.2) is 4.98 Å². The van der Waals surface area contributed by atoms with E-state index in [9.17, 15) is 0 Å². The summed E-state index contributed by atoms with van der Waals surface area (Å²) in [6, 6.07) is 1.92. The van der Waals surface area contributed by atoms with Gasteiger partial charge in [-0.1, -0.05) is 0 Å². The van der Waals surface area contributed by atoms with Crippen LogP contribution in [0.15, 0.2) is 12.3 Å². The molecule has 2 aromatic heterocycles. The van der Waals surface area contributed by atoms with E-state index in [1.807, 2.05) is 44.9 Å². The minimum atomic E-state index is 0.625. The van der Waals surface area contributed by atoms with Crippen LogP contribution in [0.2, 0.25) is 0 Å². The maximum atomic E-state index is 4.34. The fraction of sp³-hybridized carbons (Fsp3) is 0.417. The molecule has 0 aliphatic carbocycles. The molecule has 2 aromatic rings. The van der Waals surface area contributed by atoms with Gasteiger partial charge in [0.1, 0.15) is 5.82 Å². The quantitative estimate of drug-likeness (QED) is 0.855. The second-order valence-corrected chi connectivity index (χ2v) is 4.20. The summed E-state index contributed by atoms with van der Waals surface area (Å²) in [6.07, 6.45) is 1.87. The average molecular weight is 246 g/mol. The molecular formula is C12H18N6. The highest BCUT2D eigenvalue weighted by atomic mass is 15.3. The van der Waals surface area contributed by atoms with Crippen molar-refractivity contribution in [2.24, 2.45) is 7.05 Å². The first-order valence-electron chi connectivity index (χ1n) is 5.85. The van der Waals surface area contributed by atoms with E-state index in [0.29, 0.717) is 12.5 Å². The van der Waals surface area contributed by atoms with Crippen LogP contribution in [0.1, 0.15) is 17.0 Å². The summed E-state index contributed by atoms with van der Waals surface area (Å²) >= 11 is 0. The highest BCUT2D eigenvalue weighted by Crippen LogP contribution is 2.12. The van der Waals surface area contributed by atoms with Crippen molar-refractivity contribution in [1.29, 1.82) is 0 Å². The van der Waals surface area contributed by atoms with Crippen LogP contribution in [-0.4, -0.2) is 26.8 Å². The molecule has 0 fully saturated rings. The first-order chi connectivity index (χ1) is 8.60. The molecule has 0 saturated carbocycles. The highest BCUT2D eigenvalue weighted by Gasteiger charge is 2.05. The topological polar surface area (TPSA) is 67.7 Å². The number of aromatic nitrogens is 4. The lowest BCUT2D eigenvalue weighted by Crippen LogP contribution is -2.06. The van der Waals surface area contributed by atoms with Crippen LogP contribution < -0.4 is 10.6 Å². The lowest BCUT2D eigenvalue weighted by atomic mass is 10.2. The van der Waals surface area contributed by atoms with Gasteiger partial charge in [-0.2, -0.15) is 10.1 Å². The normalized spacial score (nSPS) is 10.4. The van der Waals surface area contributed by atoms with Crippen molar-refractivity contribution in [3.05, 3.63) is 29.2 Å². The first kappa shape index (κ1) is 12.3. The van der Waals surface area contributed by atoms with E-state index >= 15 is 0 Å². The summed E-state index contributed by atoms with van der Waals surface area (Å²) in [6.45, 7) is 4.70. The zero-order chi connectivity index (χ0) is 13.1. The molecule has 6 heteroatoms. The van der Waals surface area contributed by atoms with Gasteiger partial charge in [0.05, 0.1) is 6.20 Å². The number of hydrogen-bond donors (Lipinski definition) is 2. The molecule has 0 aliphatic heterocycles. The third-order valence-corrected chi connectivity index (χ3v) is 2.87. The van der Waals surface area contributed by atoms with Gasteiger partial charge in [0.2, 0.25) is 5.95 Å². The molecule has 2 rings (SSSR count). The summed E-state index contributed by atoms with van der Waals surface area (Å²) in [5.74, 6) is 1.44. The molecule has 0 aliphatic rings. The summed E-state index contributed by atoms with van der Waals surface area (Å²) in [5.41, 5.74) is 3.25. The lowest BCUT2D eigenvalue weighted by Gasteiger charge is -2.08. The number of hydrogen-bond acceptors (Lipinski definition) is 5. The molecular weight excluding hydrogens is 228 g/mol. The average Bonchev–Trinajstić information content (AvgIpc) is 2.67. The lowest BCUT2D eigenvalue weighted by molar-refractivity contribution is 0.738. The predicted octanol–water partition coefficient (Wildman–Crippen LogP) is 1.48. The van der Waals surface area contributed by atoms with Crippen molar-refractivity contribution in [3.63, 3.8) is 0 Å². The van der Waals surface area contributed by atoms with Gasteiger partial charge in [0, 0.05) is 43.7 Å². The smallest absolute Gasteiger partial charge is 0.224 e. The van der Waals surface area contributed by atoms with Crippen molar-refractivity contribution < 1.29 is 0 Å². The van der Waals surface area contributed by atoms with E-state index < -0.39 is 0 Å². The Bertz CT molecular complexity index is 545. The molecule has 0 aromatic carbocycles. The summed E-state index contributed by atoms with van der Waals surface area (Å²) in [5, 5.41) is 10.4.